The normalized spacial score (nSPS) is 14.2. The molecule has 6 heteroatoms. The van der Waals surface area contributed by atoms with Crippen molar-refractivity contribution >= 4 is 16.8 Å². The Morgan fingerprint density at radius 2 is 1.67 bits per heavy atom. The van der Waals surface area contributed by atoms with Gasteiger partial charge in [-0.1, -0.05) is 30.3 Å². The van der Waals surface area contributed by atoms with Crippen LogP contribution in [0.15, 0.2) is 79.1 Å². The lowest BCUT2D eigenvalue weighted by molar-refractivity contribution is 0.0630. The van der Waals surface area contributed by atoms with E-state index in [1.807, 2.05) is 71.6 Å². The topological polar surface area (TPSA) is 73.1 Å². The van der Waals surface area contributed by atoms with Crippen molar-refractivity contribution in [2.75, 3.05) is 26.2 Å². The number of pyridine rings is 2. The number of fused-ring (bicyclic) bond motifs is 1. The molecule has 0 spiro atoms. The number of nitriles is 1. The van der Waals surface area contributed by atoms with Crippen LogP contribution < -0.4 is 0 Å². The van der Waals surface area contributed by atoms with Crippen LogP contribution in [-0.4, -0.2) is 51.9 Å². The molecule has 4 aromatic rings. The summed E-state index contributed by atoms with van der Waals surface area (Å²) in [6, 6.07) is 23.4. The maximum atomic E-state index is 13.6. The first-order chi connectivity index (χ1) is 16.2. The first-order valence-corrected chi connectivity index (χ1v) is 11.0. The van der Waals surface area contributed by atoms with Crippen LogP contribution in [0.4, 0.5) is 0 Å². The van der Waals surface area contributed by atoms with Crippen LogP contribution >= 0.6 is 0 Å². The summed E-state index contributed by atoms with van der Waals surface area (Å²) in [5.74, 6) is 0.0435. The minimum Gasteiger partial charge on any atom is -0.336 e. The predicted octanol–water partition coefficient (Wildman–Crippen LogP) is 4.13. The molecule has 0 atom stereocenters. The van der Waals surface area contributed by atoms with Crippen molar-refractivity contribution in [1.29, 1.82) is 5.26 Å². The molecular weight excluding hydrogens is 410 g/mol. The molecule has 3 heterocycles. The van der Waals surface area contributed by atoms with Gasteiger partial charge in [-0.3, -0.25) is 14.7 Å². The summed E-state index contributed by atoms with van der Waals surface area (Å²) < 4.78 is 0. The van der Waals surface area contributed by atoms with Crippen LogP contribution in [-0.2, 0) is 6.54 Å². The third-order valence-electron chi connectivity index (χ3n) is 6.07. The molecule has 33 heavy (non-hydrogen) atoms. The van der Waals surface area contributed by atoms with E-state index in [0.29, 0.717) is 24.2 Å². The maximum Gasteiger partial charge on any atom is 0.254 e. The van der Waals surface area contributed by atoms with Crippen molar-refractivity contribution in [3.05, 3.63) is 95.8 Å². The Balaban J connectivity index is 1.34. The second kappa shape index (κ2) is 9.19. The van der Waals surface area contributed by atoms with Gasteiger partial charge in [0.05, 0.1) is 28.4 Å². The van der Waals surface area contributed by atoms with Gasteiger partial charge in [-0.15, -0.1) is 0 Å². The molecule has 0 bridgehead atoms. The molecule has 162 valence electrons. The van der Waals surface area contributed by atoms with Gasteiger partial charge in [0.2, 0.25) is 0 Å². The van der Waals surface area contributed by atoms with E-state index in [4.69, 9.17) is 10.2 Å². The van der Waals surface area contributed by atoms with Crippen molar-refractivity contribution in [2.24, 2.45) is 0 Å². The number of hydrogen-bond donors (Lipinski definition) is 0. The van der Waals surface area contributed by atoms with E-state index >= 15 is 0 Å². The monoisotopic (exact) mass is 433 g/mol. The number of nitrogens with zero attached hydrogens (tertiary/aromatic N) is 5. The Bertz CT molecular complexity index is 1320. The Labute approximate surface area is 192 Å². The molecule has 2 aromatic heterocycles. The number of benzene rings is 2. The highest BCUT2D eigenvalue weighted by Crippen LogP contribution is 2.26. The molecule has 1 fully saturated rings. The third kappa shape index (κ3) is 4.45. The van der Waals surface area contributed by atoms with Crippen LogP contribution in [0.2, 0.25) is 0 Å². The molecule has 0 unspecified atom stereocenters. The molecule has 1 aliphatic heterocycles. The zero-order valence-corrected chi connectivity index (χ0v) is 18.2. The Morgan fingerprint density at radius 3 is 2.39 bits per heavy atom. The van der Waals surface area contributed by atoms with E-state index in [9.17, 15) is 4.79 Å². The van der Waals surface area contributed by atoms with Gasteiger partial charge in [0, 0.05) is 56.1 Å². The maximum absolute atomic E-state index is 13.6. The van der Waals surface area contributed by atoms with Crippen molar-refractivity contribution < 1.29 is 4.79 Å². The lowest BCUT2D eigenvalue weighted by Crippen LogP contribution is -2.48. The standard InChI is InChI=1S/C27H23N5O/c28-18-20-5-7-21(8-6-20)19-31-13-15-32(16-14-31)27(33)24-17-26(22-9-11-29-12-10-22)30-25-4-2-1-3-23(24)25/h1-12,17H,13-16,19H2. The number of carbonyl (C=O) groups is 1. The molecule has 5 rings (SSSR count). The van der Waals surface area contributed by atoms with Crippen LogP contribution in [0.25, 0.3) is 22.2 Å². The smallest absolute Gasteiger partial charge is 0.254 e. The molecule has 1 amide bonds. The number of hydrogen-bond acceptors (Lipinski definition) is 5. The quantitative estimate of drug-likeness (QED) is 0.484. The summed E-state index contributed by atoms with van der Waals surface area (Å²) in [4.78, 5) is 26.7. The lowest BCUT2D eigenvalue weighted by atomic mass is 10.0. The van der Waals surface area contributed by atoms with Gasteiger partial charge in [-0.25, -0.2) is 4.98 Å². The first kappa shape index (κ1) is 20.8. The highest BCUT2D eigenvalue weighted by atomic mass is 16.2. The molecule has 0 saturated carbocycles. The first-order valence-electron chi connectivity index (χ1n) is 11.0. The fraction of sp³-hybridized carbons (Fsp3) is 0.185. The summed E-state index contributed by atoms with van der Waals surface area (Å²) >= 11 is 0. The van der Waals surface area contributed by atoms with Gasteiger partial charge in [-0.2, -0.15) is 5.26 Å². The SMILES string of the molecule is N#Cc1ccc(CN2CCN(C(=O)c3cc(-c4ccncc4)nc4ccccc34)CC2)cc1. The molecule has 1 aliphatic rings. The second-order valence-electron chi connectivity index (χ2n) is 8.19. The van der Waals surface area contributed by atoms with Gasteiger partial charge in [0.25, 0.3) is 5.91 Å². The molecule has 0 radical (unpaired) electrons. The minimum absolute atomic E-state index is 0.0435. The van der Waals surface area contributed by atoms with Crippen LogP contribution in [0.5, 0.6) is 0 Å². The Kier molecular flexibility index (Phi) is 5.79. The molecule has 0 aliphatic carbocycles. The summed E-state index contributed by atoms with van der Waals surface area (Å²) in [6.07, 6.45) is 3.47. The van der Waals surface area contributed by atoms with E-state index in [1.54, 1.807) is 12.4 Å². The van der Waals surface area contributed by atoms with Crippen LogP contribution in [0.3, 0.4) is 0 Å². The van der Waals surface area contributed by atoms with Gasteiger partial charge in [0.15, 0.2) is 0 Å². The molecule has 0 N–H and O–H groups in total. The van der Waals surface area contributed by atoms with Crippen molar-refractivity contribution in [1.82, 2.24) is 19.8 Å². The fourth-order valence-electron chi connectivity index (χ4n) is 4.25. The second-order valence-corrected chi connectivity index (χ2v) is 8.19. The average molecular weight is 434 g/mol. The fourth-order valence-corrected chi connectivity index (χ4v) is 4.25. The molecular formula is C27H23N5O. The van der Waals surface area contributed by atoms with Crippen LogP contribution in [0.1, 0.15) is 21.5 Å². The average Bonchev–Trinajstić information content (AvgIpc) is 2.89. The van der Waals surface area contributed by atoms with Crippen molar-refractivity contribution in [3.8, 4) is 17.3 Å². The minimum atomic E-state index is 0.0435. The summed E-state index contributed by atoms with van der Waals surface area (Å²) in [5, 5.41) is 9.84. The number of rotatable bonds is 4. The van der Waals surface area contributed by atoms with E-state index in [0.717, 1.165) is 41.8 Å². The molecule has 2 aromatic carbocycles. The van der Waals surface area contributed by atoms with E-state index < -0.39 is 0 Å². The van der Waals surface area contributed by atoms with Gasteiger partial charge < -0.3 is 4.90 Å². The summed E-state index contributed by atoms with van der Waals surface area (Å²) in [7, 11) is 0. The zero-order valence-electron chi connectivity index (χ0n) is 18.2. The van der Waals surface area contributed by atoms with E-state index in [2.05, 4.69) is 16.0 Å². The number of carbonyl (C=O) groups excluding carboxylic acids is 1. The predicted molar refractivity (Wildman–Crippen MR) is 127 cm³/mol. The van der Waals surface area contributed by atoms with Gasteiger partial charge in [0.1, 0.15) is 0 Å². The lowest BCUT2D eigenvalue weighted by Gasteiger charge is -2.35. The summed E-state index contributed by atoms with van der Waals surface area (Å²) in [5.41, 5.74) is 5.07. The van der Waals surface area contributed by atoms with Crippen LogP contribution in [0, 0.1) is 11.3 Å². The Hall–Kier alpha value is -4.08. The number of piperazine rings is 1. The highest BCUT2D eigenvalue weighted by Gasteiger charge is 2.24. The number of amides is 1. The van der Waals surface area contributed by atoms with Gasteiger partial charge >= 0.3 is 0 Å². The summed E-state index contributed by atoms with van der Waals surface area (Å²) in [6.45, 7) is 3.79. The van der Waals surface area contributed by atoms with Crippen molar-refractivity contribution in [3.63, 3.8) is 0 Å². The zero-order chi connectivity index (χ0) is 22.6. The Morgan fingerprint density at radius 1 is 0.939 bits per heavy atom. The molecule has 1 saturated heterocycles. The molecule has 6 nitrogen and oxygen atoms in total. The number of para-hydroxylation sites is 1. The highest BCUT2D eigenvalue weighted by molar-refractivity contribution is 6.07. The van der Waals surface area contributed by atoms with E-state index in [-0.39, 0.29) is 5.91 Å². The van der Waals surface area contributed by atoms with E-state index in [1.165, 1.54) is 5.56 Å². The van der Waals surface area contributed by atoms with Crippen molar-refractivity contribution in [2.45, 2.75) is 6.54 Å². The number of aromatic nitrogens is 2. The largest absolute Gasteiger partial charge is 0.336 e. The third-order valence-corrected chi connectivity index (χ3v) is 6.07. The van der Waals surface area contributed by atoms with Gasteiger partial charge in [-0.05, 0) is 42.0 Å².